The van der Waals surface area contributed by atoms with Crippen molar-refractivity contribution in [1.82, 2.24) is 0 Å². The molecule has 2 aromatic rings. The van der Waals surface area contributed by atoms with Crippen molar-refractivity contribution in [2.75, 3.05) is 24.2 Å². The maximum Gasteiger partial charge on any atom is 0.288 e. The predicted molar refractivity (Wildman–Crippen MR) is 102 cm³/mol. The molecule has 26 heavy (non-hydrogen) atoms. The van der Waals surface area contributed by atoms with Gasteiger partial charge in [-0.15, -0.1) is 0 Å². The first-order chi connectivity index (χ1) is 12.3. The number of nitrogens with zero attached hydrogens (tertiary/aromatic N) is 2. The van der Waals surface area contributed by atoms with E-state index in [1.807, 2.05) is 6.07 Å². The van der Waals surface area contributed by atoms with Gasteiger partial charge < -0.3 is 4.90 Å². The zero-order valence-corrected chi connectivity index (χ0v) is 15.7. The molecule has 3 rings (SSSR count). The first kappa shape index (κ1) is 18.4. The number of rotatable bonds is 4. The van der Waals surface area contributed by atoms with Crippen molar-refractivity contribution >= 4 is 21.2 Å². The number of piperidine rings is 1. The maximum atomic E-state index is 11.9. The summed E-state index contributed by atoms with van der Waals surface area (Å²) in [5, 5.41) is 11.1. The molecule has 2 aromatic carbocycles. The van der Waals surface area contributed by atoms with E-state index in [4.69, 9.17) is 0 Å². The third kappa shape index (κ3) is 3.72. The largest absolute Gasteiger partial charge is 0.371 e. The summed E-state index contributed by atoms with van der Waals surface area (Å²) in [6.45, 7) is 3.70. The Morgan fingerprint density at radius 3 is 2.35 bits per heavy atom. The molecule has 7 heteroatoms. The number of aryl methyl sites for hydroxylation is 1. The summed E-state index contributed by atoms with van der Waals surface area (Å²) in [5.41, 5.74) is 3.01. The number of nitro benzene ring substituents is 1. The summed E-state index contributed by atoms with van der Waals surface area (Å²) < 4.78 is 23.9. The third-order valence-electron chi connectivity index (χ3n) is 5.03. The Hall–Kier alpha value is -2.41. The van der Waals surface area contributed by atoms with Gasteiger partial charge >= 0.3 is 0 Å². The van der Waals surface area contributed by atoms with Crippen LogP contribution in [0.5, 0.6) is 0 Å². The van der Waals surface area contributed by atoms with Crippen LogP contribution in [0.15, 0.2) is 47.4 Å². The zero-order chi connectivity index (χ0) is 18.9. The van der Waals surface area contributed by atoms with Crippen LogP contribution in [0.1, 0.15) is 29.9 Å². The highest BCUT2D eigenvalue weighted by molar-refractivity contribution is 7.90. The Morgan fingerprint density at radius 1 is 1.12 bits per heavy atom. The summed E-state index contributed by atoms with van der Waals surface area (Å²) in [6.07, 6.45) is 2.94. The molecule has 0 aliphatic carbocycles. The van der Waals surface area contributed by atoms with Gasteiger partial charge in [0.2, 0.25) is 0 Å². The van der Waals surface area contributed by atoms with Crippen LogP contribution in [-0.2, 0) is 9.84 Å². The van der Waals surface area contributed by atoms with Gasteiger partial charge in [0.15, 0.2) is 9.84 Å². The molecule has 1 aliphatic rings. The summed E-state index contributed by atoms with van der Waals surface area (Å²) >= 11 is 0. The van der Waals surface area contributed by atoms with E-state index in [0.717, 1.165) is 37.9 Å². The molecule has 1 aliphatic heterocycles. The molecule has 1 saturated heterocycles. The lowest BCUT2D eigenvalue weighted by atomic mass is 9.87. The molecule has 1 heterocycles. The van der Waals surface area contributed by atoms with Crippen molar-refractivity contribution in [2.24, 2.45) is 0 Å². The average Bonchev–Trinajstić information content (AvgIpc) is 2.61. The smallest absolute Gasteiger partial charge is 0.288 e. The SMILES string of the molecule is Cc1ccccc1C1CCN(c2ccc([N+](=O)[O-])c(S(C)(=O)=O)c2)CC1. The number of hydrogen-bond donors (Lipinski definition) is 0. The number of hydrogen-bond acceptors (Lipinski definition) is 5. The summed E-state index contributed by atoms with van der Waals surface area (Å²) in [4.78, 5) is 12.4. The van der Waals surface area contributed by atoms with Gasteiger partial charge in [-0.3, -0.25) is 10.1 Å². The Morgan fingerprint density at radius 2 is 1.77 bits per heavy atom. The number of anilines is 1. The van der Waals surface area contributed by atoms with Gasteiger partial charge in [-0.2, -0.15) is 0 Å². The van der Waals surface area contributed by atoms with E-state index in [9.17, 15) is 18.5 Å². The molecule has 0 radical (unpaired) electrons. The highest BCUT2D eigenvalue weighted by atomic mass is 32.2. The van der Waals surface area contributed by atoms with Gasteiger partial charge in [0.05, 0.1) is 4.92 Å². The summed E-state index contributed by atoms with van der Waals surface area (Å²) in [5.74, 6) is 0.486. The second kappa shape index (κ2) is 7.07. The van der Waals surface area contributed by atoms with Crippen LogP contribution in [-0.4, -0.2) is 32.7 Å². The Kier molecular flexibility index (Phi) is 5.00. The molecule has 0 spiro atoms. The molecule has 0 N–H and O–H groups in total. The van der Waals surface area contributed by atoms with Gasteiger partial charge in [-0.1, -0.05) is 24.3 Å². The van der Waals surface area contributed by atoms with Crippen LogP contribution >= 0.6 is 0 Å². The van der Waals surface area contributed by atoms with E-state index in [1.165, 1.54) is 23.3 Å². The van der Waals surface area contributed by atoms with Crippen LogP contribution in [0, 0.1) is 17.0 Å². The number of sulfone groups is 1. The van der Waals surface area contributed by atoms with Crippen LogP contribution in [0.25, 0.3) is 0 Å². The molecule has 138 valence electrons. The van der Waals surface area contributed by atoms with Crippen molar-refractivity contribution in [3.8, 4) is 0 Å². The van der Waals surface area contributed by atoms with E-state index in [1.54, 1.807) is 6.07 Å². The predicted octanol–water partition coefficient (Wildman–Crippen LogP) is 3.69. The zero-order valence-electron chi connectivity index (χ0n) is 14.9. The lowest BCUT2D eigenvalue weighted by molar-refractivity contribution is -0.387. The van der Waals surface area contributed by atoms with E-state index >= 15 is 0 Å². The maximum absolute atomic E-state index is 11.9. The van der Waals surface area contributed by atoms with Crippen molar-refractivity contribution in [3.05, 3.63) is 63.7 Å². The highest BCUT2D eigenvalue weighted by Gasteiger charge is 2.26. The Balaban J connectivity index is 1.82. The summed E-state index contributed by atoms with van der Waals surface area (Å²) in [6, 6.07) is 12.8. The minimum atomic E-state index is -3.67. The van der Waals surface area contributed by atoms with E-state index in [0.29, 0.717) is 5.92 Å². The fourth-order valence-electron chi connectivity index (χ4n) is 3.64. The molecular formula is C19H22N2O4S. The first-order valence-corrected chi connectivity index (χ1v) is 10.5. The minimum absolute atomic E-state index is 0.221. The van der Waals surface area contributed by atoms with Gasteiger partial charge in [0.1, 0.15) is 4.90 Å². The summed E-state index contributed by atoms with van der Waals surface area (Å²) in [7, 11) is -3.67. The van der Waals surface area contributed by atoms with Crippen LogP contribution in [0.2, 0.25) is 0 Å². The molecule has 0 aromatic heterocycles. The number of nitro groups is 1. The van der Waals surface area contributed by atoms with Crippen LogP contribution in [0.4, 0.5) is 11.4 Å². The highest BCUT2D eigenvalue weighted by Crippen LogP contribution is 2.34. The molecule has 0 atom stereocenters. The monoisotopic (exact) mass is 374 g/mol. The second-order valence-electron chi connectivity index (χ2n) is 6.80. The van der Waals surface area contributed by atoms with E-state index < -0.39 is 14.8 Å². The van der Waals surface area contributed by atoms with Gasteiger partial charge in [-0.05, 0) is 48.9 Å². The molecule has 1 fully saturated rings. The fourth-order valence-corrected chi connectivity index (χ4v) is 4.50. The quantitative estimate of drug-likeness (QED) is 0.602. The first-order valence-electron chi connectivity index (χ1n) is 8.56. The van der Waals surface area contributed by atoms with Crippen molar-refractivity contribution in [3.63, 3.8) is 0 Å². The molecular weight excluding hydrogens is 352 g/mol. The van der Waals surface area contributed by atoms with Crippen molar-refractivity contribution in [2.45, 2.75) is 30.6 Å². The lowest BCUT2D eigenvalue weighted by Crippen LogP contribution is -2.33. The number of benzene rings is 2. The van der Waals surface area contributed by atoms with Gasteiger partial charge in [0, 0.05) is 31.1 Å². The van der Waals surface area contributed by atoms with E-state index in [2.05, 4.69) is 30.0 Å². The standard InChI is InChI=1S/C19H22N2O4S/c1-14-5-3-4-6-17(14)15-9-11-20(12-10-15)16-7-8-18(21(22)23)19(13-16)26(2,24)25/h3-8,13,15H,9-12H2,1-2H3. The van der Waals surface area contributed by atoms with Crippen molar-refractivity contribution in [1.29, 1.82) is 0 Å². The lowest BCUT2D eigenvalue weighted by Gasteiger charge is -2.34. The Labute approximate surface area is 153 Å². The molecule has 0 amide bonds. The van der Waals surface area contributed by atoms with Crippen LogP contribution in [0.3, 0.4) is 0 Å². The minimum Gasteiger partial charge on any atom is -0.371 e. The molecule has 0 unspecified atom stereocenters. The molecule has 6 nitrogen and oxygen atoms in total. The third-order valence-corrected chi connectivity index (χ3v) is 6.15. The Bertz CT molecular complexity index is 932. The van der Waals surface area contributed by atoms with Crippen LogP contribution < -0.4 is 4.90 Å². The van der Waals surface area contributed by atoms with Crippen molar-refractivity contribution < 1.29 is 13.3 Å². The molecule has 0 bridgehead atoms. The fraction of sp³-hybridized carbons (Fsp3) is 0.368. The van der Waals surface area contributed by atoms with Gasteiger partial charge in [0.25, 0.3) is 5.69 Å². The second-order valence-corrected chi connectivity index (χ2v) is 8.78. The van der Waals surface area contributed by atoms with Gasteiger partial charge in [-0.25, -0.2) is 8.42 Å². The average molecular weight is 374 g/mol. The van der Waals surface area contributed by atoms with E-state index in [-0.39, 0.29) is 10.6 Å². The normalized spacial score (nSPS) is 15.8. The topological polar surface area (TPSA) is 80.5 Å². The molecule has 0 saturated carbocycles.